The summed E-state index contributed by atoms with van der Waals surface area (Å²) in [5.41, 5.74) is 3.17. The van der Waals surface area contributed by atoms with Crippen LogP contribution < -0.4 is 4.74 Å². The van der Waals surface area contributed by atoms with E-state index in [0.717, 1.165) is 22.4 Å². The lowest BCUT2D eigenvalue weighted by atomic mass is 10.1. The van der Waals surface area contributed by atoms with Gasteiger partial charge in [0.05, 0.1) is 17.1 Å². The molecule has 6 heteroatoms. The monoisotopic (exact) mass is 376 g/mol. The van der Waals surface area contributed by atoms with Crippen molar-refractivity contribution < 1.29 is 22.7 Å². The second-order valence-electron chi connectivity index (χ2n) is 6.27. The molecule has 0 atom stereocenters. The summed E-state index contributed by atoms with van der Waals surface area (Å²) >= 11 is 0. The summed E-state index contributed by atoms with van der Waals surface area (Å²) in [4.78, 5) is 12.0. The zero-order chi connectivity index (χ0) is 19.2. The molecular weight excluding hydrogens is 352 g/mol. The second-order valence-corrected chi connectivity index (χ2v) is 8.38. The molecule has 2 rings (SSSR count). The number of esters is 1. The first-order chi connectivity index (χ1) is 12.3. The van der Waals surface area contributed by atoms with Gasteiger partial charge in [-0.2, -0.15) is 0 Å². The van der Waals surface area contributed by atoms with E-state index < -0.39 is 15.8 Å². The van der Waals surface area contributed by atoms with Crippen LogP contribution >= 0.6 is 0 Å². The molecule has 0 aliphatic heterocycles. The summed E-state index contributed by atoms with van der Waals surface area (Å²) in [6.07, 6.45) is -0.181. The van der Waals surface area contributed by atoms with Crippen LogP contribution in [0.2, 0.25) is 0 Å². The van der Waals surface area contributed by atoms with Crippen LogP contribution in [0.3, 0.4) is 0 Å². The number of carbonyl (C=O) groups excluding carboxylic acids is 1. The molecule has 0 amide bonds. The molecule has 0 fully saturated rings. The lowest BCUT2D eigenvalue weighted by Gasteiger charge is -2.09. The van der Waals surface area contributed by atoms with E-state index >= 15 is 0 Å². The highest BCUT2D eigenvalue weighted by Gasteiger charge is 2.17. The number of hydrogen-bond acceptors (Lipinski definition) is 5. The Bertz CT molecular complexity index is 834. The Morgan fingerprint density at radius 3 is 2.12 bits per heavy atom. The van der Waals surface area contributed by atoms with Gasteiger partial charge in [-0.1, -0.05) is 23.8 Å². The molecule has 0 bridgehead atoms. The average molecular weight is 376 g/mol. The third-order valence-corrected chi connectivity index (χ3v) is 5.50. The highest BCUT2D eigenvalue weighted by atomic mass is 32.2. The van der Waals surface area contributed by atoms with Crippen LogP contribution in [0.4, 0.5) is 0 Å². The zero-order valence-corrected chi connectivity index (χ0v) is 16.1. The first-order valence-electron chi connectivity index (χ1n) is 8.42. The molecule has 0 saturated carbocycles. The fourth-order valence-corrected chi connectivity index (χ4v) is 3.71. The number of ether oxygens (including phenoxy) is 2. The molecule has 2 aromatic rings. The van der Waals surface area contributed by atoms with E-state index in [1.165, 1.54) is 0 Å². The van der Waals surface area contributed by atoms with Gasteiger partial charge in [-0.25, -0.2) is 8.42 Å². The SMILES string of the molecule is Cc1ccc(S(=O)(=O)CCC(=O)OCCOc2cc(C)cc(C)c2)cc1. The molecular formula is C20H24O5S. The topological polar surface area (TPSA) is 69.7 Å². The van der Waals surface area contributed by atoms with E-state index in [9.17, 15) is 13.2 Å². The van der Waals surface area contributed by atoms with Crippen LogP contribution in [0.1, 0.15) is 23.1 Å². The number of rotatable bonds is 8. The van der Waals surface area contributed by atoms with Gasteiger partial charge in [0.25, 0.3) is 0 Å². The molecule has 0 aliphatic carbocycles. The Labute approximate surface area is 154 Å². The van der Waals surface area contributed by atoms with Gasteiger partial charge in [0.1, 0.15) is 19.0 Å². The van der Waals surface area contributed by atoms with Gasteiger partial charge >= 0.3 is 5.97 Å². The molecule has 0 heterocycles. The molecule has 26 heavy (non-hydrogen) atoms. The standard InChI is InChI=1S/C20H24O5S/c1-15-4-6-19(7-5-15)26(22,23)11-8-20(21)25-10-9-24-18-13-16(2)12-17(3)14-18/h4-7,12-14H,8-11H2,1-3H3. The van der Waals surface area contributed by atoms with Gasteiger partial charge in [0, 0.05) is 0 Å². The molecule has 0 unspecified atom stereocenters. The van der Waals surface area contributed by atoms with Crippen LogP contribution in [0.5, 0.6) is 5.75 Å². The molecule has 0 aliphatic rings. The van der Waals surface area contributed by atoms with Crippen molar-refractivity contribution in [2.45, 2.75) is 32.1 Å². The summed E-state index contributed by atoms with van der Waals surface area (Å²) in [5.74, 6) is -0.0995. The van der Waals surface area contributed by atoms with E-state index in [1.807, 2.05) is 39.0 Å². The minimum absolute atomic E-state index is 0.0798. The van der Waals surface area contributed by atoms with E-state index in [0.29, 0.717) is 0 Å². The van der Waals surface area contributed by atoms with Crippen LogP contribution in [-0.4, -0.2) is 33.4 Å². The zero-order valence-electron chi connectivity index (χ0n) is 15.3. The van der Waals surface area contributed by atoms with Gasteiger partial charge in [-0.15, -0.1) is 0 Å². The fourth-order valence-electron chi connectivity index (χ4n) is 2.48. The minimum Gasteiger partial charge on any atom is -0.490 e. The summed E-state index contributed by atoms with van der Waals surface area (Å²) in [7, 11) is -3.49. The highest BCUT2D eigenvalue weighted by molar-refractivity contribution is 7.91. The van der Waals surface area contributed by atoms with Crippen LogP contribution in [0, 0.1) is 20.8 Å². The summed E-state index contributed by atoms with van der Waals surface area (Å²) in [6.45, 7) is 6.15. The van der Waals surface area contributed by atoms with Crippen molar-refractivity contribution in [3.63, 3.8) is 0 Å². The molecule has 5 nitrogen and oxygen atoms in total. The maximum Gasteiger partial charge on any atom is 0.306 e. The third-order valence-electron chi connectivity index (χ3n) is 3.77. The van der Waals surface area contributed by atoms with E-state index in [-0.39, 0.29) is 30.3 Å². The molecule has 0 N–H and O–H groups in total. The van der Waals surface area contributed by atoms with Crippen molar-refractivity contribution in [2.75, 3.05) is 19.0 Å². The summed E-state index contributed by atoms with van der Waals surface area (Å²) in [5, 5.41) is 0. The lowest BCUT2D eigenvalue weighted by Crippen LogP contribution is -2.16. The third kappa shape index (κ3) is 6.19. The Morgan fingerprint density at radius 1 is 0.885 bits per heavy atom. The van der Waals surface area contributed by atoms with Gasteiger partial charge in [-0.05, 0) is 56.2 Å². The van der Waals surface area contributed by atoms with Crippen LogP contribution in [0.15, 0.2) is 47.4 Å². The molecule has 140 valence electrons. The minimum atomic E-state index is -3.49. The molecule has 0 spiro atoms. The molecule has 2 aromatic carbocycles. The smallest absolute Gasteiger partial charge is 0.306 e. The molecule has 0 aromatic heterocycles. The Kier molecular flexibility index (Phi) is 6.80. The Morgan fingerprint density at radius 2 is 1.50 bits per heavy atom. The first kappa shape index (κ1) is 20.0. The van der Waals surface area contributed by atoms with Crippen molar-refractivity contribution in [1.29, 1.82) is 0 Å². The Balaban J connectivity index is 1.74. The molecule has 0 radical (unpaired) electrons. The predicted molar refractivity (Wildman–Crippen MR) is 100 cm³/mol. The fraction of sp³-hybridized carbons (Fsp3) is 0.350. The highest BCUT2D eigenvalue weighted by Crippen LogP contribution is 2.16. The second kappa shape index (κ2) is 8.85. The van der Waals surface area contributed by atoms with E-state index in [4.69, 9.17) is 9.47 Å². The van der Waals surface area contributed by atoms with Gasteiger partial charge in [0.15, 0.2) is 9.84 Å². The maximum absolute atomic E-state index is 12.2. The van der Waals surface area contributed by atoms with E-state index in [2.05, 4.69) is 0 Å². The van der Waals surface area contributed by atoms with Gasteiger partial charge < -0.3 is 9.47 Å². The maximum atomic E-state index is 12.2. The summed E-state index contributed by atoms with van der Waals surface area (Å²) < 4.78 is 35.0. The predicted octanol–water partition coefficient (Wildman–Crippen LogP) is 3.40. The number of carbonyl (C=O) groups is 1. The number of hydrogen-bond donors (Lipinski definition) is 0. The molecule has 0 saturated heterocycles. The van der Waals surface area contributed by atoms with Crippen molar-refractivity contribution in [2.24, 2.45) is 0 Å². The van der Waals surface area contributed by atoms with Crippen molar-refractivity contribution in [3.05, 3.63) is 59.2 Å². The quantitative estimate of drug-likeness (QED) is 0.522. The van der Waals surface area contributed by atoms with E-state index in [1.54, 1.807) is 24.3 Å². The average Bonchev–Trinajstić information content (AvgIpc) is 2.56. The van der Waals surface area contributed by atoms with Crippen LogP contribution in [0.25, 0.3) is 0 Å². The van der Waals surface area contributed by atoms with Crippen molar-refractivity contribution in [1.82, 2.24) is 0 Å². The largest absolute Gasteiger partial charge is 0.490 e. The normalized spacial score (nSPS) is 11.2. The Hall–Kier alpha value is -2.34. The summed E-state index contributed by atoms with van der Waals surface area (Å²) in [6, 6.07) is 12.4. The first-order valence-corrected chi connectivity index (χ1v) is 10.1. The number of sulfone groups is 1. The van der Waals surface area contributed by atoms with Crippen LogP contribution in [-0.2, 0) is 19.4 Å². The lowest BCUT2D eigenvalue weighted by molar-refractivity contribution is -0.143. The number of aryl methyl sites for hydroxylation is 3. The van der Waals surface area contributed by atoms with Gasteiger partial charge in [-0.3, -0.25) is 4.79 Å². The van der Waals surface area contributed by atoms with Gasteiger partial charge in [0.2, 0.25) is 0 Å². The van der Waals surface area contributed by atoms with Crippen molar-refractivity contribution >= 4 is 15.8 Å². The van der Waals surface area contributed by atoms with Crippen molar-refractivity contribution in [3.8, 4) is 5.75 Å². The number of benzene rings is 2.